The van der Waals surface area contributed by atoms with E-state index in [1.165, 1.54) is 24.3 Å². The number of thioether (sulfide) groups is 1. The zero-order valence-electron chi connectivity index (χ0n) is 12.6. The Morgan fingerprint density at radius 3 is 2.44 bits per heavy atom. The van der Waals surface area contributed by atoms with Crippen LogP contribution in [0.5, 0.6) is 0 Å². The first-order valence-corrected chi connectivity index (χ1v) is 8.28. The predicted molar refractivity (Wildman–Crippen MR) is 91.0 cm³/mol. The lowest BCUT2D eigenvalue weighted by molar-refractivity contribution is -0.142. The predicted octanol–water partition coefficient (Wildman–Crippen LogP) is 0.507. The van der Waals surface area contributed by atoms with Gasteiger partial charge in [0, 0.05) is 17.1 Å². The lowest BCUT2D eigenvalue weighted by Crippen LogP contribution is -2.51. The Labute approximate surface area is 151 Å². The summed E-state index contributed by atoms with van der Waals surface area (Å²) in [6.45, 7) is -0.785. The lowest BCUT2D eigenvalue weighted by Gasteiger charge is -2.30. The second-order valence-electron chi connectivity index (χ2n) is 5.27. The highest BCUT2D eigenvalue weighted by atomic mass is 35.5. The second kappa shape index (κ2) is 6.17. The van der Waals surface area contributed by atoms with E-state index in [2.05, 4.69) is 5.32 Å². The molecule has 130 valence electrons. The maximum Gasteiger partial charge on any atom is 0.296 e. The molecule has 25 heavy (non-hydrogen) atoms. The normalized spacial score (nSPS) is 25.1. The Kier molecular flexibility index (Phi) is 4.31. The van der Waals surface area contributed by atoms with E-state index < -0.39 is 40.4 Å². The summed E-state index contributed by atoms with van der Waals surface area (Å²) in [7, 11) is 0. The van der Waals surface area contributed by atoms with Gasteiger partial charge < -0.3 is 20.4 Å². The topological polar surface area (TPSA) is 131 Å². The molecular weight excluding hydrogens is 370 g/mol. The molecule has 8 nitrogen and oxygen atoms in total. The monoisotopic (exact) mass is 381 g/mol. The molecule has 0 saturated carbocycles. The third-order valence-electron chi connectivity index (χ3n) is 3.85. The van der Waals surface area contributed by atoms with E-state index in [0.717, 1.165) is 4.90 Å². The molecule has 0 aliphatic carbocycles. The Morgan fingerprint density at radius 2 is 1.92 bits per heavy atom. The van der Waals surface area contributed by atoms with Gasteiger partial charge in [-0.3, -0.25) is 19.8 Å². The first-order chi connectivity index (χ1) is 11.8. The molecule has 1 atom stereocenters. The van der Waals surface area contributed by atoms with E-state index in [9.17, 15) is 24.6 Å². The van der Waals surface area contributed by atoms with Gasteiger partial charge in [-0.2, -0.15) is 0 Å². The van der Waals surface area contributed by atoms with Crippen LogP contribution in [0.25, 0.3) is 5.76 Å². The van der Waals surface area contributed by atoms with Crippen LogP contribution in [0.4, 0.5) is 0 Å². The molecule has 3 rings (SSSR count). The number of Topliss-reactive ketones (excluding diaryl/α,β-unsaturated/α-hetero) is 1. The Bertz CT molecular complexity index is 838. The number of hydrogen-bond donors (Lipinski definition) is 4. The van der Waals surface area contributed by atoms with Gasteiger partial charge in [0.05, 0.1) is 12.2 Å². The van der Waals surface area contributed by atoms with Gasteiger partial charge >= 0.3 is 0 Å². The molecule has 0 aromatic heterocycles. The van der Waals surface area contributed by atoms with Crippen LogP contribution in [0.1, 0.15) is 5.56 Å². The number of likely N-dealkylation sites (tertiary alicyclic amines) is 1. The molecule has 2 saturated heterocycles. The number of carbonyl (C=O) groups is 3. The van der Waals surface area contributed by atoms with Crippen molar-refractivity contribution in [2.75, 3.05) is 13.2 Å². The van der Waals surface area contributed by atoms with E-state index in [1.807, 2.05) is 0 Å². The Hall–Kier alpha value is -2.36. The molecule has 4 N–H and O–H groups in total. The molecule has 2 aliphatic rings. The van der Waals surface area contributed by atoms with E-state index in [0.29, 0.717) is 16.8 Å². The number of benzene rings is 1. The van der Waals surface area contributed by atoms with Gasteiger partial charge in [0.25, 0.3) is 17.6 Å². The number of hydrogen-bond acceptors (Lipinski definition) is 7. The van der Waals surface area contributed by atoms with Crippen molar-refractivity contribution in [1.29, 1.82) is 5.41 Å². The summed E-state index contributed by atoms with van der Waals surface area (Å²) >= 11 is 6.43. The minimum absolute atomic E-state index is 0.192. The third-order valence-corrected chi connectivity index (χ3v) is 5.31. The lowest BCUT2D eigenvalue weighted by atomic mass is 9.99. The number of amides is 2. The van der Waals surface area contributed by atoms with Crippen molar-refractivity contribution in [2.24, 2.45) is 0 Å². The zero-order valence-corrected chi connectivity index (χ0v) is 14.1. The second-order valence-corrected chi connectivity index (χ2v) is 6.91. The molecule has 2 heterocycles. The van der Waals surface area contributed by atoms with Crippen LogP contribution in [0.2, 0.25) is 5.02 Å². The van der Waals surface area contributed by atoms with Crippen LogP contribution in [0.3, 0.4) is 0 Å². The smallest absolute Gasteiger partial charge is 0.296 e. The number of aliphatic hydroxyl groups is 2. The summed E-state index contributed by atoms with van der Waals surface area (Å²) in [6.07, 6.45) is 0. The van der Waals surface area contributed by atoms with Crippen molar-refractivity contribution in [3.05, 3.63) is 40.4 Å². The van der Waals surface area contributed by atoms with Gasteiger partial charge in [0.15, 0.2) is 5.17 Å². The van der Waals surface area contributed by atoms with Crippen molar-refractivity contribution in [3.63, 3.8) is 0 Å². The first kappa shape index (κ1) is 17.5. The van der Waals surface area contributed by atoms with Gasteiger partial charge in [-0.15, -0.1) is 0 Å². The van der Waals surface area contributed by atoms with Crippen LogP contribution in [0.15, 0.2) is 29.8 Å². The number of amidine groups is 1. The number of halogens is 1. The number of ketones is 1. The number of nitrogens with zero attached hydrogens (tertiary/aromatic N) is 1. The summed E-state index contributed by atoms with van der Waals surface area (Å²) in [4.78, 5) is 36.3. The fourth-order valence-corrected chi connectivity index (χ4v) is 4.07. The van der Waals surface area contributed by atoms with Crippen LogP contribution in [0, 0.1) is 5.41 Å². The van der Waals surface area contributed by atoms with E-state index in [1.54, 1.807) is 0 Å². The molecule has 0 bridgehead atoms. The van der Waals surface area contributed by atoms with E-state index >= 15 is 0 Å². The molecule has 1 aromatic rings. The minimum Gasteiger partial charge on any atom is -0.507 e. The molecule has 2 aliphatic heterocycles. The standard InChI is InChI=1S/C15H12ClN3O5S/c16-8-3-1-7(2-4-8)10(21)9-11(22)12(23)19(5-6-20)15(9)13(24)18-14(17)25-15/h1-4,20-21H,5-6H2,(H2,17,18,24)/b10-9-. The minimum atomic E-state index is -1.92. The number of nitrogens with one attached hydrogen (secondary N) is 2. The van der Waals surface area contributed by atoms with Crippen molar-refractivity contribution < 1.29 is 24.6 Å². The van der Waals surface area contributed by atoms with Gasteiger partial charge in [0.1, 0.15) is 5.76 Å². The van der Waals surface area contributed by atoms with Crippen molar-refractivity contribution in [2.45, 2.75) is 4.87 Å². The van der Waals surface area contributed by atoms with Crippen LogP contribution in [-0.2, 0) is 14.4 Å². The van der Waals surface area contributed by atoms with Crippen LogP contribution < -0.4 is 5.32 Å². The highest BCUT2D eigenvalue weighted by Crippen LogP contribution is 2.48. The van der Waals surface area contributed by atoms with Gasteiger partial charge in [-0.1, -0.05) is 11.6 Å². The van der Waals surface area contributed by atoms with Gasteiger partial charge in [-0.25, -0.2) is 0 Å². The SMILES string of the molecule is N=C1NC(=O)C2(S1)/C(=C(\O)c1ccc(Cl)cc1)C(=O)C(=O)N2CCO. The summed E-state index contributed by atoms with van der Waals surface area (Å²) in [5, 5.41) is 29.9. The summed E-state index contributed by atoms with van der Waals surface area (Å²) in [5.41, 5.74) is -0.240. The average Bonchev–Trinajstić information content (AvgIpc) is 2.97. The van der Waals surface area contributed by atoms with Gasteiger partial charge in [-0.05, 0) is 36.0 Å². The third kappa shape index (κ3) is 2.51. The fraction of sp³-hybridized carbons (Fsp3) is 0.200. The summed E-state index contributed by atoms with van der Waals surface area (Å²) in [6, 6.07) is 5.84. The largest absolute Gasteiger partial charge is 0.507 e. The zero-order chi connectivity index (χ0) is 18.4. The van der Waals surface area contributed by atoms with Crippen LogP contribution >= 0.6 is 23.4 Å². The fourth-order valence-electron chi connectivity index (χ4n) is 2.79. The highest BCUT2D eigenvalue weighted by Gasteiger charge is 2.65. The Balaban J connectivity index is 2.25. The number of carbonyl (C=O) groups excluding carboxylic acids is 3. The molecule has 1 aromatic carbocycles. The highest BCUT2D eigenvalue weighted by molar-refractivity contribution is 8.16. The molecule has 10 heteroatoms. The van der Waals surface area contributed by atoms with Crippen molar-refractivity contribution >= 4 is 51.9 Å². The summed E-state index contributed by atoms with van der Waals surface area (Å²) < 4.78 is 0. The van der Waals surface area contributed by atoms with Crippen molar-refractivity contribution in [3.8, 4) is 0 Å². The Morgan fingerprint density at radius 1 is 1.28 bits per heavy atom. The van der Waals surface area contributed by atoms with Crippen LogP contribution in [-0.4, -0.2) is 55.9 Å². The molecule has 1 spiro atoms. The average molecular weight is 382 g/mol. The number of rotatable bonds is 3. The molecular formula is C15H12ClN3O5S. The number of β-amino-alcohol motifs (C(OH)–C–C–N with tert-alkyl or cyclic N) is 1. The first-order valence-electron chi connectivity index (χ1n) is 7.08. The molecule has 2 amide bonds. The maximum atomic E-state index is 12.5. The van der Waals surface area contributed by atoms with E-state index in [4.69, 9.17) is 17.0 Å². The molecule has 0 radical (unpaired) electrons. The van der Waals surface area contributed by atoms with Crippen molar-refractivity contribution in [1.82, 2.24) is 10.2 Å². The number of aliphatic hydroxyl groups excluding tert-OH is 2. The quantitative estimate of drug-likeness (QED) is 0.343. The van der Waals surface area contributed by atoms with Gasteiger partial charge in [0.2, 0.25) is 4.87 Å². The summed E-state index contributed by atoms with van der Waals surface area (Å²) in [5.74, 6) is -3.43. The maximum absolute atomic E-state index is 12.5. The molecule has 2 fully saturated rings. The molecule has 1 unspecified atom stereocenters. The van der Waals surface area contributed by atoms with E-state index in [-0.39, 0.29) is 17.3 Å².